The van der Waals surface area contributed by atoms with Gasteiger partial charge in [-0.2, -0.15) is 0 Å². The minimum absolute atomic E-state index is 0.229. The number of guanidine groups is 1. The Morgan fingerprint density at radius 1 is 1.13 bits per heavy atom. The summed E-state index contributed by atoms with van der Waals surface area (Å²) in [5.41, 5.74) is 1.70. The van der Waals surface area contributed by atoms with Gasteiger partial charge < -0.3 is 9.47 Å². The molecule has 1 aromatic heterocycles. The Hall–Kier alpha value is -3.88. The van der Waals surface area contributed by atoms with E-state index in [1.165, 1.54) is 22.8 Å². The van der Waals surface area contributed by atoms with Gasteiger partial charge in [0.05, 0.1) is 25.5 Å². The maximum atomic E-state index is 13.2. The average Bonchev–Trinajstić information content (AvgIpc) is 2.74. The molecule has 30 heavy (non-hydrogen) atoms. The van der Waals surface area contributed by atoms with E-state index in [0.717, 1.165) is 0 Å². The molecule has 0 spiro atoms. The Balaban J connectivity index is 1.85. The zero-order chi connectivity index (χ0) is 21.3. The molecule has 3 aromatic rings. The highest BCUT2D eigenvalue weighted by molar-refractivity contribution is 5.99. The van der Waals surface area contributed by atoms with Crippen LogP contribution in [0.25, 0.3) is 0 Å². The fraction of sp³-hybridized carbons (Fsp3) is 0.190. The smallest absolute Gasteiger partial charge is 0.357 e. The number of anilines is 2. The minimum atomic E-state index is -0.630. The number of hydrogen-bond donors (Lipinski definition) is 3. The van der Waals surface area contributed by atoms with Crippen LogP contribution in [-0.2, 0) is 0 Å². The molecule has 0 radical (unpaired) electrons. The maximum absolute atomic E-state index is 13.2. The monoisotopic (exact) mass is 410 g/mol. The van der Waals surface area contributed by atoms with Gasteiger partial charge in [0.25, 0.3) is 11.5 Å². The van der Waals surface area contributed by atoms with Crippen LogP contribution in [0, 0.1) is 12.7 Å². The number of fused-ring (bicyclic) bond motifs is 1. The molecule has 1 aliphatic rings. The molecule has 2 aromatic carbocycles. The first kappa shape index (κ1) is 19.4. The van der Waals surface area contributed by atoms with Gasteiger partial charge in [0.1, 0.15) is 17.3 Å². The first-order chi connectivity index (χ1) is 14.5. The minimum Gasteiger partial charge on any atom is -0.497 e. The molecule has 8 nitrogen and oxygen atoms in total. The van der Waals surface area contributed by atoms with Crippen LogP contribution in [0.5, 0.6) is 11.5 Å². The fourth-order valence-corrected chi connectivity index (χ4v) is 3.31. The van der Waals surface area contributed by atoms with Crippen LogP contribution in [-0.4, -0.2) is 29.7 Å². The molecule has 0 saturated carbocycles. The fourth-order valence-electron chi connectivity index (χ4n) is 3.31. The molecular formula is C21H21FN5O3+. The molecule has 0 unspecified atom stereocenters. The number of methoxy groups -OCH3 is 2. The van der Waals surface area contributed by atoms with Gasteiger partial charge in [-0.15, -0.1) is 0 Å². The topological polar surface area (TPSA) is 91.4 Å². The second kappa shape index (κ2) is 7.86. The highest BCUT2D eigenvalue weighted by Crippen LogP contribution is 2.29. The van der Waals surface area contributed by atoms with Crippen LogP contribution >= 0.6 is 0 Å². The standard InChI is InChI=1S/C21H20FN5O3/c1-12-10-18(28)27-19(16-11-15(29-2)8-9-17(16)30-3)25-20(26-21(27)23-12)24-14-6-4-13(22)5-7-14/h4-11,19H,1-3H3,(H2,23,24,25,26)/p+1/t19-/m0/s1. The Morgan fingerprint density at radius 3 is 2.60 bits per heavy atom. The highest BCUT2D eigenvalue weighted by Gasteiger charge is 2.31. The SMILES string of the molecule is COc1ccc(OC)c([C@H]2[NH+]=C(Nc3ccc(F)cc3)Nc3nc(C)cc(=O)n32)c1. The Labute approximate surface area is 172 Å². The van der Waals surface area contributed by atoms with Crippen molar-refractivity contribution in [2.24, 2.45) is 0 Å². The van der Waals surface area contributed by atoms with Gasteiger partial charge >= 0.3 is 5.96 Å². The second-order valence-corrected chi connectivity index (χ2v) is 6.72. The van der Waals surface area contributed by atoms with Crippen molar-refractivity contribution >= 4 is 17.6 Å². The third kappa shape index (κ3) is 3.69. The third-order valence-electron chi connectivity index (χ3n) is 4.70. The van der Waals surface area contributed by atoms with Crippen molar-refractivity contribution in [1.29, 1.82) is 0 Å². The van der Waals surface area contributed by atoms with Crippen LogP contribution in [0.2, 0.25) is 0 Å². The summed E-state index contributed by atoms with van der Waals surface area (Å²) < 4.78 is 25.6. The molecule has 2 heterocycles. The molecule has 0 aliphatic carbocycles. The van der Waals surface area contributed by atoms with Crippen molar-refractivity contribution in [1.82, 2.24) is 9.55 Å². The van der Waals surface area contributed by atoms with E-state index in [1.807, 2.05) is 0 Å². The predicted molar refractivity (Wildman–Crippen MR) is 111 cm³/mol. The number of ether oxygens (including phenoxy) is 2. The van der Waals surface area contributed by atoms with E-state index in [2.05, 4.69) is 20.6 Å². The Kier molecular flexibility index (Phi) is 5.09. The van der Waals surface area contributed by atoms with Crippen molar-refractivity contribution in [2.75, 3.05) is 24.9 Å². The molecule has 4 rings (SSSR count). The normalized spacial score (nSPS) is 14.9. The summed E-state index contributed by atoms with van der Waals surface area (Å²) in [6, 6.07) is 12.7. The van der Waals surface area contributed by atoms with Crippen molar-refractivity contribution in [3.8, 4) is 11.5 Å². The number of aryl methyl sites for hydroxylation is 1. The van der Waals surface area contributed by atoms with E-state index in [9.17, 15) is 9.18 Å². The lowest BCUT2D eigenvalue weighted by atomic mass is 10.1. The summed E-state index contributed by atoms with van der Waals surface area (Å²) in [7, 11) is 3.13. The summed E-state index contributed by atoms with van der Waals surface area (Å²) >= 11 is 0. The van der Waals surface area contributed by atoms with E-state index in [1.54, 1.807) is 51.5 Å². The van der Waals surface area contributed by atoms with Crippen molar-refractivity contribution < 1.29 is 18.9 Å². The number of nitrogens with one attached hydrogen (secondary N) is 3. The van der Waals surface area contributed by atoms with Crippen LogP contribution in [0.4, 0.5) is 16.0 Å². The molecule has 154 valence electrons. The van der Waals surface area contributed by atoms with Crippen LogP contribution < -0.4 is 30.7 Å². The number of halogens is 1. The van der Waals surface area contributed by atoms with Gasteiger partial charge in [-0.3, -0.25) is 9.79 Å². The number of benzene rings is 2. The molecule has 0 bridgehead atoms. The zero-order valence-corrected chi connectivity index (χ0v) is 16.7. The van der Waals surface area contributed by atoms with Crippen molar-refractivity contribution in [3.63, 3.8) is 0 Å². The number of nitrogens with zero attached hydrogens (tertiary/aromatic N) is 2. The zero-order valence-electron chi connectivity index (χ0n) is 16.7. The largest absolute Gasteiger partial charge is 0.497 e. The van der Waals surface area contributed by atoms with Crippen LogP contribution in [0.15, 0.2) is 53.3 Å². The average molecular weight is 410 g/mol. The third-order valence-corrected chi connectivity index (χ3v) is 4.70. The number of aromatic nitrogens is 2. The van der Waals surface area contributed by atoms with Gasteiger partial charge in [-0.25, -0.2) is 24.6 Å². The van der Waals surface area contributed by atoms with E-state index < -0.39 is 6.17 Å². The molecule has 0 fully saturated rings. The van der Waals surface area contributed by atoms with Crippen molar-refractivity contribution in [2.45, 2.75) is 13.1 Å². The second-order valence-electron chi connectivity index (χ2n) is 6.72. The van der Waals surface area contributed by atoms with Gasteiger partial charge in [-0.05, 0) is 49.4 Å². The molecule has 0 amide bonds. The first-order valence-electron chi connectivity index (χ1n) is 9.23. The lowest BCUT2D eigenvalue weighted by molar-refractivity contribution is -0.520. The molecule has 1 aliphatic heterocycles. The van der Waals surface area contributed by atoms with E-state index >= 15 is 0 Å². The lowest BCUT2D eigenvalue weighted by Crippen LogP contribution is -2.82. The van der Waals surface area contributed by atoms with E-state index in [-0.39, 0.29) is 11.4 Å². The van der Waals surface area contributed by atoms with Gasteiger partial charge in [0, 0.05) is 11.8 Å². The lowest BCUT2D eigenvalue weighted by Gasteiger charge is -2.24. The summed E-state index contributed by atoms with van der Waals surface area (Å²) in [6.45, 7) is 1.75. The Morgan fingerprint density at radius 2 is 1.90 bits per heavy atom. The number of hydrogen-bond acceptors (Lipinski definition) is 6. The molecular weight excluding hydrogens is 389 g/mol. The van der Waals surface area contributed by atoms with Crippen molar-refractivity contribution in [3.05, 3.63) is 76.0 Å². The quantitative estimate of drug-likeness (QED) is 0.599. The van der Waals surface area contributed by atoms with Crippen LogP contribution in [0.1, 0.15) is 17.4 Å². The number of rotatable bonds is 4. The molecule has 1 atom stereocenters. The summed E-state index contributed by atoms with van der Waals surface area (Å²) in [5.74, 6) is 1.71. The summed E-state index contributed by atoms with van der Waals surface area (Å²) in [6.07, 6.45) is -0.630. The molecule has 3 N–H and O–H groups in total. The van der Waals surface area contributed by atoms with Gasteiger partial charge in [-0.1, -0.05) is 0 Å². The van der Waals surface area contributed by atoms with Gasteiger partial charge in [0.15, 0.2) is 6.17 Å². The highest BCUT2D eigenvalue weighted by atomic mass is 19.1. The maximum Gasteiger partial charge on any atom is 0.357 e. The molecule has 9 heteroatoms. The summed E-state index contributed by atoms with van der Waals surface area (Å²) in [5, 5.41) is 6.24. The van der Waals surface area contributed by atoms with E-state index in [0.29, 0.717) is 40.4 Å². The predicted octanol–water partition coefficient (Wildman–Crippen LogP) is 1.23. The first-order valence-corrected chi connectivity index (χ1v) is 9.23. The van der Waals surface area contributed by atoms with Crippen LogP contribution in [0.3, 0.4) is 0 Å². The van der Waals surface area contributed by atoms with E-state index in [4.69, 9.17) is 9.47 Å². The Bertz CT molecular complexity index is 1170. The summed E-state index contributed by atoms with van der Waals surface area (Å²) in [4.78, 5) is 20.6. The van der Waals surface area contributed by atoms with Gasteiger partial charge in [0.2, 0.25) is 0 Å². The molecule has 0 saturated heterocycles.